The molecular formula is C67H128N2O7P+. The molecule has 1 amide bonds. The average Bonchev–Trinajstić information content (AvgIpc) is 3.39. The molecule has 3 atom stereocenters. The first-order valence-corrected chi connectivity index (χ1v) is 34.5. The lowest BCUT2D eigenvalue weighted by atomic mass is 10.0. The summed E-state index contributed by atoms with van der Waals surface area (Å²) in [6.45, 7) is 7.01. The van der Waals surface area contributed by atoms with E-state index in [4.69, 9.17) is 13.8 Å². The van der Waals surface area contributed by atoms with Gasteiger partial charge in [-0.2, -0.15) is 0 Å². The molecule has 0 radical (unpaired) electrons. The van der Waals surface area contributed by atoms with E-state index in [1.807, 2.05) is 33.3 Å². The maximum atomic E-state index is 13.6. The highest BCUT2D eigenvalue weighted by atomic mass is 31.2. The Morgan fingerprint density at radius 2 is 0.792 bits per heavy atom. The summed E-state index contributed by atoms with van der Waals surface area (Å²) in [7, 11) is 1.50. The Kier molecular flexibility index (Phi) is 55.7. The summed E-state index contributed by atoms with van der Waals surface area (Å²) >= 11 is 0. The van der Waals surface area contributed by atoms with Crippen molar-refractivity contribution in [3.8, 4) is 0 Å². The number of quaternary nitrogens is 1. The van der Waals surface area contributed by atoms with Crippen molar-refractivity contribution in [2.45, 2.75) is 328 Å². The summed E-state index contributed by atoms with van der Waals surface area (Å²) in [5.41, 5.74) is 0. The van der Waals surface area contributed by atoms with Crippen LogP contribution in [0, 0.1) is 0 Å². The minimum Gasteiger partial charge on any atom is -0.456 e. The quantitative estimate of drug-likeness (QED) is 0.0205. The van der Waals surface area contributed by atoms with Crippen LogP contribution in [0.2, 0.25) is 0 Å². The summed E-state index contributed by atoms with van der Waals surface area (Å²) in [4.78, 5) is 37.8. The number of phosphoric ester groups is 1. The first kappa shape index (κ1) is 75.0. The van der Waals surface area contributed by atoms with Crippen molar-refractivity contribution < 1.29 is 37.3 Å². The summed E-state index contributed by atoms with van der Waals surface area (Å²) in [6, 6.07) is -0.849. The summed E-state index contributed by atoms with van der Waals surface area (Å²) in [5, 5.41) is 3.06. The van der Waals surface area contributed by atoms with E-state index in [-0.39, 0.29) is 31.5 Å². The van der Waals surface area contributed by atoms with Crippen molar-refractivity contribution in [3.05, 3.63) is 48.6 Å². The van der Waals surface area contributed by atoms with Gasteiger partial charge in [0.15, 0.2) is 0 Å². The number of allylic oxidation sites excluding steroid dienone is 7. The highest BCUT2D eigenvalue weighted by Gasteiger charge is 2.30. The van der Waals surface area contributed by atoms with Crippen LogP contribution in [0.3, 0.4) is 0 Å². The normalized spacial score (nSPS) is 13.9. The van der Waals surface area contributed by atoms with Crippen LogP contribution in [0.4, 0.5) is 0 Å². The molecule has 0 aromatic carbocycles. The number of rotatable bonds is 60. The lowest BCUT2D eigenvalue weighted by Crippen LogP contribution is -2.47. The fourth-order valence-corrected chi connectivity index (χ4v) is 10.4. The summed E-state index contributed by atoms with van der Waals surface area (Å²) < 4.78 is 30.7. The molecular weight excluding hydrogens is 976 g/mol. The number of carbonyl (C=O) groups excluding carboxylic acids is 2. The van der Waals surface area contributed by atoms with Gasteiger partial charge < -0.3 is 19.4 Å². The van der Waals surface area contributed by atoms with Crippen molar-refractivity contribution in [1.82, 2.24) is 5.32 Å². The fourth-order valence-electron chi connectivity index (χ4n) is 9.65. The van der Waals surface area contributed by atoms with Gasteiger partial charge in [0.05, 0.1) is 33.8 Å². The van der Waals surface area contributed by atoms with Gasteiger partial charge in [0.2, 0.25) is 5.91 Å². The third-order valence-corrected chi connectivity index (χ3v) is 15.8. The zero-order valence-corrected chi connectivity index (χ0v) is 52.6. The minimum atomic E-state index is -4.45. The molecule has 3 unspecified atom stereocenters. The SMILES string of the molecule is CCCCC/C=C\C/C=C\C/C=C\CCCCCCCCCCC(=O)OC(/C=C/CCCCCCCCCCC)C(COP(=O)(O)OCC[N+](C)(C)C)NC(=O)CCCCCCCCCCCCCCCCCCCCC. The van der Waals surface area contributed by atoms with E-state index in [9.17, 15) is 19.0 Å². The first-order chi connectivity index (χ1) is 37.4. The lowest BCUT2D eigenvalue weighted by Gasteiger charge is -2.27. The van der Waals surface area contributed by atoms with Gasteiger partial charge in [-0.05, 0) is 70.3 Å². The van der Waals surface area contributed by atoms with Crippen LogP contribution in [0.5, 0.6) is 0 Å². The van der Waals surface area contributed by atoms with Gasteiger partial charge in [0.25, 0.3) is 0 Å². The zero-order chi connectivity index (χ0) is 56.4. The third-order valence-electron chi connectivity index (χ3n) is 14.8. The van der Waals surface area contributed by atoms with Gasteiger partial charge in [-0.1, -0.05) is 282 Å². The Bertz CT molecular complexity index is 1460. The zero-order valence-electron chi connectivity index (χ0n) is 51.7. The third kappa shape index (κ3) is 58.4. The van der Waals surface area contributed by atoms with Crippen LogP contribution in [-0.2, 0) is 27.9 Å². The molecule has 0 saturated carbocycles. The van der Waals surface area contributed by atoms with Crippen LogP contribution in [0.15, 0.2) is 48.6 Å². The topological polar surface area (TPSA) is 111 Å². The van der Waals surface area contributed by atoms with Gasteiger partial charge in [0.1, 0.15) is 19.3 Å². The van der Waals surface area contributed by atoms with E-state index in [1.54, 1.807) is 0 Å². The minimum absolute atomic E-state index is 0.0403. The number of nitrogens with one attached hydrogen (secondary N) is 1. The molecule has 452 valence electrons. The van der Waals surface area contributed by atoms with E-state index in [0.717, 1.165) is 83.5 Å². The monoisotopic (exact) mass is 1100 g/mol. The first-order valence-electron chi connectivity index (χ1n) is 33.0. The van der Waals surface area contributed by atoms with Crippen LogP contribution >= 0.6 is 7.82 Å². The molecule has 0 fully saturated rings. The number of esters is 1. The molecule has 2 N–H and O–H groups in total. The van der Waals surface area contributed by atoms with Crippen molar-refractivity contribution in [2.75, 3.05) is 40.9 Å². The molecule has 0 aliphatic heterocycles. The highest BCUT2D eigenvalue weighted by molar-refractivity contribution is 7.47. The molecule has 0 aromatic heterocycles. The Morgan fingerprint density at radius 3 is 1.21 bits per heavy atom. The van der Waals surface area contributed by atoms with E-state index >= 15 is 0 Å². The lowest BCUT2D eigenvalue weighted by molar-refractivity contribution is -0.870. The van der Waals surface area contributed by atoms with Gasteiger partial charge >= 0.3 is 13.8 Å². The summed E-state index contributed by atoms with van der Waals surface area (Å²) in [5.74, 6) is -0.501. The molecule has 10 heteroatoms. The van der Waals surface area contributed by atoms with Crippen LogP contribution < -0.4 is 5.32 Å². The molecule has 9 nitrogen and oxygen atoms in total. The number of hydrogen-bond donors (Lipinski definition) is 2. The Labute approximate surface area is 478 Å². The summed E-state index contributed by atoms with van der Waals surface area (Å²) in [6.07, 6.45) is 71.1. The van der Waals surface area contributed by atoms with Gasteiger partial charge in [-0.15, -0.1) is 0 Å². The standard InChI is InChI=1S/C67H127N2O7P/c1-7-10-13-16-19-22-25-27-29-31-33-34-36-38-40-42-45-48-51-54-57-60-67(71)76-65(58-55-52-49-46-43-24-21-18-15-12-9-3)64(63-75-77(72,73)74-62-61-69(4,5)6)68-66(70)59-56-53-50-47-44-41-39-37-35-32-30-28-26-23-20-17-14-11-8-2/h19,22,27,29,33-34,55,58,64-65H,7-18,20-21,23-26,28,30-32,35-54,56-57,59-63H2,1-6H3,(H-,68,70,72,73)/p+1/b22-19-,29-27-,34-33-,58-55+. The van der Waals surface area contributed by atoms with Crippen molar-refractivity contribution in [3.63, 3.8) is 0 Å². The average molecular weight is 1100 g/mol. The second-order valence-corrected chi connectivity index (χ2v) is 25.1. The maximum absolute atomic E-state index is 13.6. The predicted molar refractivity (Wildman–Crippen MR) is 332 cm³/mol. The smallest absolute Gasteiger partial charge is 0.456 e. The molecule has 0 aromatic rings. The molecule has 0 bridgehead atoms. The number of carbonyl (C=O) groups is 2. The van der Waals surface area contributed by atoms with Gasteiger partial charge in [-0.25, -0.2) is 4.57 Å². The van der Waals surface area contributed by atoms with Crippen LogP contribution in [-0.4, -0.2) is 74.3 Å². The Morgan fingerprint density at radius 1 is 0.455 bits per heavy atom. The van der Waals surface area contributed by atoms with E-state index in [1.165, 1.54) is 199 Å². The van der Waals surface area contributed by atoms with E-state index in [0.29, 0.717) is 17.4 Å². The molecule has 77 heavy (non-hydrogen) atoms. The number of unbranched alkanes of at least 4 members (excludes halogenated alkanes) is 38. The number of amides is 1. The number of nitrogens with zero attached hydrogens (tertiary/aromatic N) is 1. The van der Waals surface area contributed by atoms with Crippen LogP contribution in [0.1, 0.15) is 316 Å². The second kappa shape index (κ2) is 57.2. The number of likely N-dealkylation sites (N-methyl/N-ethyl adjacent to an activating group) is 1. The molecule has 0 saturated heterocycles. The van der Waals surface area contributed by atoms with Crippen molar-refractivity contribution in [1.29, 1.82) is 0 Å². The molecule has 0 rings (SSSR count). The van der Waals surface area contributed by atoms with Crippen molar-refractivity contribution in [2.24, 2.45) is 0 Å². The largest absolute Gasteiger partial charge is 0.472 e. The number of hydrogen-bond acceptors (Lipinski definition) is 6. The maximum Gasteiger partial charge on any atom is 0.472 e. The van der Waals surface area contributed by atoms with E-state index < -0.39 is 20.0 Å². The predicted octanol–water partition coefficient (Wildman–Crippen LogP) is 20.5. The molecule has 0 aliphatic carbocycles. The van der Waals surface area contributed by atoms with Gasteiger partial charge in [0, 0.05) is 12.8 Å². The number of ether oxygens (including phenoxy) is 1. The molecule has 0 spiro atoms. The Balaban J connectivity index is 5.14. The number of phosphoric acid groups is 1. The Hall–Kier alpha value is -2.03. The van der Waals surface area contributed by atoms with Crippen molar-refractivity contribution >= 4 is 19.7 Å². The highest BCUT2D eigenvalue weighted by Crippen LogP contribution is 2.43. The van der Waals surface area contributed by atoms with Crippen LogP contribution in [0.25, 0.3) is 0 Å². The fraction of sp³-hybridized carbons (Fsp3) is 0.851. The van der Waals surface area contributed by atoms with Gasteiger partial charge in [-0.3, -0.25) is 18.6 Å². The van der Waals surface area contributed by atoms with E-state index in [2.05, 4.69) is 62.5 Å². The molecule has 0 heterocycles. The second-order valence-electron chi connectivity index (χ2n) is 23.6. The molecule has 0 aliphatic rings.